The normalized spacial score (nSPS) is 15.0. The number of nitro groups is 1. The Balaban J connectivity index is 1.96. The molecule has 2 aromatic rings. The monoisotopic (exact) mass is 361 g/mol. The first kappa shape index (κ1) is 17.2. The number of nitrogens with one attached hydrogen (secondary N) is 1. The van der Waals surface area contributed by atoms with E-state index in [2.05, 4.69) is 9.62 Å². The van der Waals surface area contributed by atoms with E-state index in [4.69, 9.17) is 0 Å². The lowest BCUT2D eigenvalue weighted by Crippen LogP contribution is -2.30. The van der Waals surface area contributed by atoms with Crippen molar-refractivity contribution < 1.29 is 13.3 Å². The van der Waals surface area contributed by atoms with Crippen LogP contribution in [0.15, 0.2) is 53.4 Å². The molecule has 8 heteroatoms. The highest BCUT2D eigenvalue weighted by Crippen LogP contribution is 2.31. The van der Waals surface area contributed by atoms with E-state index in [1.807, 2.05) is 12.1 Å². The quantitative estimate of drug-likeness (QED) is 0.651. The van der Waals surface area contributed by atoms with Gasteiger partial charge in [0.1, 0.15) is 0 Å². The summed E-state index contributed by atoms with van der Waals surface area (Å²) in [6.45, 7) is 1.73. The summed E-state index contributed by atoms with van der Waals surface area (Å²) in [7, 11) is -4.07. The number of piperidine rings is 1. The van der Waals surface area contributed by atoms with Crippen molar-refractivity contribution >= 4 is 27.1 Å². The maximum absolute atomic E-state index is 12.7. The van der Waals surface area contributed by atoms with Crippen molar-refractivity contribution in [2.75, 3.05) is 22.7 Å². The fourth-order valence-corrected chi connectivity index (χ4v) is 4.25. The molecule has 0 radical (unpaired) electrons. The van der Waals surface area contributed by atoms with Crippen molar-refractivity contribution in [3.05, 3.63) is 58.6 Å². The zero-order valence-corrected chi connectivity index (χ0v) is 14.4. The molecule has 1 aliphatic rings. The van der Waals surface area contributed by atoms with Gasteiger partial charge in [0.25, 0.3) is 15.7 Å². The van der Waals surface area contributed by atoms with Crippen molar-refractivity contribution in [3.8, 4) is 0 Å². The first-order valence-corrected chi connectivity index (χ1v) is 9.57. The Bertz CT molecular complexity index is 877. The molecule has 1 heterocycles. The molecule has 25 heavy (non-hydrogen) atoms. The molecule has 0 atom stereocenters. The predicted octanol–water partition coefficient (Wildman–Crippen LogP) is 3.39. The van der Waals surface area contributed by atoms with Crippen LogP contribution in [0.25, 0.3) is 0 Å². The molecule has 0 aromatic heterocycles. The molecular formula is C17H19N3O4S. The molecule has 2 aromatic carbocycles. The summed E-state index contributed by atoms with van der Waals surface area (Å²) < 4.78 is 28.0. The minimum atomic E-state index is -4.07. The standard InChI is InChI=1S/C17H19N3O4S/c21-20(22)16-10-4-5-11-17(16)25(23,24)18-14-8-2-3-9-15(14)19-12-6-1-7-13-19/h2-5,8-11,18H,1,6-7,12-13H2. The number of nitro benzene ring substituents is 1. The van der Waals surface area contributed by atoms with E-state index in [1.165, 1.54) is 30.7 Å². The summed E-state index contributed by atoms with van der Waals surface area (Å²) in [6.07, 6.45) is 3.29. The fraction of sp³-hybridized carbons (Fsp3) is 0.294. The van der Waals surface area contributed by atoms with Crippen LogP contribution in [0.4, 0.5) is 17.1 Å². The van der Waals surface area contributed by atoms with Crippen LogP contribution in [0.2, 0.25) is 0 Å². The lowest BCUT2D eigenvalue weighted by Gasteiger charge is -2.30. The molecule has 0 unspecified atom stereocenters. The first-order valence-electron chi connectivity index (χ1n) is 8.09. The fourth-order valence-electron chi connectivity index (χ4n) is 3.01. The minimum Gasteiger partial charge on any atom is -0.370 e. The van der Waals surface area contributed by atoms with Crippen molar-refractivity contribution in [1.29, 1.82) is 0 Å². The molecular weight excluding hydrogens is 342 g/mol. The predicted molar refractivity (Wildman–Crippen MR) is 96.4 cm³/mol. The number of nitrogens with zero attached hydrogens (tertiary/aromatic N) is 2. The van der Waals surface area contributed by atoms with Gasteiger partial charge in [0, 0.05) is 19.2 Å². The third-order valence-corrected chi connectivity index (χ3v) is 5.61. The van der Waals surface area contributed by atoms with Crippen LogP contribution >= 0.6 is 0 Å². The van der Waals surface area contributed by atoms with E-state index in [0.29, 0.717) is 5.69 Å². The molecule has 0 amide bonds. The van der Waals surface area contributed by atoms with E-state index >= 15 is 0 Å². The average Bonchev–Trinajstić information content (AvgIpc) is 2.62. The molecule has 7 nitrogen and oxygen atoms in total. The number of anilines is 2. The number of hydrogen-bond acceptors (Lipinski definition) is 5. The first-order chi connectivity index (χ1) is 12.0. The Morgan fingerprint density at radius 3 is 2.32 bits per heavy atom. The van der Waals surface area contributed by atoms with Crippen LogP contribution in [0, 0.1) is 10.1 Å². The van der Waals surface area contributed by atoms with Gasteiger partial charge >= 0.3 is 0 Å². The second kappa shape index (κ2) is 7.10. The Labute approximate surface area is 146 Å². The van der Waals surface area contributed by atoms with Gasteiger partial charge in [-0.05, 0) is 37.5 Å². The zero-order valence-electron chi connectivity index (χ0n) is 13.6. The number of rotatable bonds is 5. The van der Waals surface area contributed by atoms with Gasteiger partial charge in [0.05, 0.1) is 16.3 Å². The molecule has 0 spiro atoms. The van der Waals surface area contributed by atoms with Crippen LogP contribution in [0.3, 0.4) is 0 Å². The molecule has 132 valence electrons. The van der Waals surface area contributed by atoms with Gasteiger partial charge in [-0.25, -0.2) is 8.42 Å². The second-order valence-electron chi connectivity index (χ2n) is 5.90. The van der Waals surface area contributed by atoms with Gasteiger partial charge < -0.3 is 4.90 Å². The summed E-state index contributed by atoms with van der Waals surface area (Å²) in [5, 5.41) is 11.1. The van der Waals surface area contributed by atoms with Gasteiger partial charge in [-0.2, -0.15) is 0 Å². The molecule has 0 saturated carbocycles. The van der Waals surface area contributed by atoms with E-state index in [0.717, 1.165) is 31.6 Å². The van der Waals surface area contributed by atoms with Gasteiger partial charge in [-0.1, -0.05) is 24.3 Å². The highest BCUT2D eigenvalue weighted by atomic mass is 32.2. The van der Waals surface area contributed by atoms with Gasteiger partial charge in [-0.15, -0.1) is 0 Å². The van der Waals surface area contributed by atoms with E-state index in [9.17, 15) is 18.5 Å². The number of para-hydroxylation sites is 3. The Morgan fingerprint density at radius 2 is 1.60 bits per heavy atom. The lowest BCUT2D eigenvalue weighted by molar-refractivity contribution is -0.387. The molecule has 0 aliphatic carbocycles. The van der Waals surface area contributed by atoms with Crippen LogP contribution in [0.5, 0.6) is 0 Å². The average molecular weight is 361 g/mol. The van der Waals surface area contributed by atoms with E-state index in [-0.39, 0.29) is 4.90 Å². The lowest BCUT2D eigenvalue weighted by atomic mass is 10.1. The molecule has 1 fully saturated rings. The summed E-state index contributed by atoms with van der Waals surface area (Å²) in [4.78, 5) is 12.3. The van der Waals surface area contributed by atoms with Gasteiger partial charge in [-0.3, -0.25) is 14.8 Å². The highest BCUT2D eigenvalue weighted by Gasteiger charge is 2.26. The van der Waals surface area contributed by atoms with E-state index < -0.39 is 20.6 Å². The minimum absolute atomic E-state index is 0.339. The summed E-state index contributed by atoms with van der Waals surface area (Å²) >= 11 is 0. The second-order valence-corrected chi connectivity index (χ2v) is 7.55. The van der Waals surface area contributed by atoms with Crippen molar-refractivity contribution in [2.45, 2.75) is 24.2 Å². The van der Waals surface area contributed by atoms with Gasteiger partial charge in [0.2, 0.25) is 0 Å². The molecule has 1 saturated heterocycles. The SMILES string of the molecule is O=[N+]([O-])c1ccccc1S(=O)(=O)Nc1ccccc1N1CCCCC1. The van der Waals surface area contributed by atoms with Crippen molar-refractivity contribution in [1.82, 2.24) is 0 Å². The number of sulfonamides is 1. The van der Waals surface area contributed by atoms with E-state index in [1.54, 1.807) is 12.1 Å². The highest BCUT2D eigenvalue weighted by molar-refractivity contribution is 7.92. The Hall–Kier alpha value is -2.61. The molecule has 3 rings (SSSR count). The third-order valence-electron chi connectivity index (χ3n) is 4.20. The van der Waals surface area contributed by atoms with Crippen LogP contribution in [-0.4, -0.2) is 26.4 Å². The topological polar surface area (TPSA) is 92.5 Å². The van der Waals surface area contributed by atoms with Crippen LogP contribution < -0.4 is 9.62 Å². The molecule has 0 bridgehead atoms. The maximum Gasteiger partial charge on any atom is 0.289 e. The van der Waals surface area contributed by atoms with Gasteiger partial charge in [0.15, 0.2) is 4.90 Å². The number of benzene rings is 2. The van der Waals surface area contributed by atoms with Crippen LogP contribution in [0.1, 0.15) is 19.3 Å². The Morgan fingerprint density at radius 1 is 0.960 bits per heavy atom. The smallest absolute Gasteiger partial charge is 0.289 e. The van der Waals surface area contributed by atoms with Crippen molar-refractivity contribution in [3.63, 3.8) is 0 Å². The summed E-state index contributed by atoms with van der Waals surface area (Å²) in [5.41, 5.74) is 0.789. The number of hydrogen-bond donors (Lipinski definition) is 1. The Kier molecular flexibility index (Phi) is 4.89. The summed E-state index contributed by atoms with van der Waals surface area (Å²) in [5.74, 6) is 0. The van der Waals surface area contributed by atoms with Crippen LogP contribution in [-0.2, 0) is 10.0 Å². The third kappa shape index (κ3) is 3.74. The van der Waals surface area contributed by atoms with Crippen molar-refractivity contribution in [2.24, 2.45) is 0 Å². The summed E-state index contributed by atoms with van der Waals surface area (Å²) in [6, 6.07) is 12.5. The molecule has 1 N–H and O–H groups in total. The largest absolute Gasteiger partial charge is 0.370 e. The molecule has 1 aliphatic heterocycles. The maximum atomic E-state index is 12.7. The zero-order chi connectivity index (χ0) is 17.9.